The zero-order valence-corrected chi connectivity index (χ0v) is 11.9. The second-order valence-corrected chi connectivity index (χ2v) is 5.53. The fourth-order valence-corrected chi connectivity index (χ4v) is 2.11. The molecular weight excluding hydrogens is 240 g/mol. The Morgan fingerprint density at radius 2 is 2.32 bits per heavy atom. The third kappa shape index (κ3) is 4.71. The monoisotopic (exact) mass is 264 g/mol. The van der Waals surface area contributed by atoms with Crippen molar-refractivity contribution in [2.75, 3.05) is 26.3 Å². The first-order valence-corrected chi connectivity index (χ1v) is 7.17. The lowest BCUT2D eigenvalue weighted by atomic mass is 10.0. The Morgan fingerprint density at radius 1 is 1.42 bits per heavy atom. The summed E-state index contributed by atoms with van der Waals surface area (Å²) in [6, 6.07) is 3.82. The third-order valence-corrected chi connectivity index (χ3v) is 3.16. The minimum absolute atomic E-state index is 0.484. The Kier molecular flexibility index (Phi) is 5.45. The van der Waals surface area contributed by atoms with Gasteiger partial charge in [-0.05, 0) is 37.4 Å². The molecule has 4 heteroatoms. The number of piperidine rings is 1. The zero-order chi connectivity index (χ0) is 13.5. The van der Waals surface area contributed by atoms with E-state index >= 15 is 0 Å². The highest BCUT2D eigenvalue weighted by Gasteiger charge is 2.15. The highest BCUT2D eigenvalue weighted by molar-refractivity contribution is 5.32. The van der Waals surface area contributed by atoms with E-state index in [1.807, 2.05) is 12.1 Å². The van der Waals surface area contributed by atoms with Crippen LogP contribution in [0.15, 0.2) is 18.3 Å². The van der Waals surface area contributed by atoms with Gasteiger partial charge in [0.05, 0.1) is 13.2 Å². The second-order valence-electron chi connectivity index (χ2n) is 5.53. The summed E-state index contributed by atoms with van der Waals surface area (Å²) < 4.78 is 11.6. The molecule has 1 fully saturated rings. The van der Waals surface area contributed by atoms with Gasteiger partial charge in [0, 0.05) is 18.7 Å². The fourth-order valence-electron chi connectivity index (χ4n) is 2.11. The van der Waals surface area contributed by atoms with E-state index in [1.165, 1.54) is 12.8 Å². The van der Waals surface area contributed by atoms with Crippen LogP contribution in [0.5, 0.6) is 11.6 Å². The van der Waals surface area contributed by atoms with Crippen LogP contribution in [-0.2, 0) is 0 Å². The number of rotatable bonds is 6. The van der Waals surface area contributed by atoms with E-state index in [0.29, 0.717) is 24.3 Å². The average Bonchev–Trinajstić information content (AvgIpc) is 2.45. The number of ether oxygens (including phenoxy) is 2. The Bertz CT molecular complexity index is 376. The van der Waals surface area contributed by atoms with Gasteiger partial charge in [-0.2, -0.15) is 0 Å². The number of hydrogen-bond donors (Lipinski definition) is 1. The largest absolute Gasteiger partial charge is 0.488 e. The molecule has 1 aromatic heterocycles. The van der Waals surface area contributed by atoms with Gasteiger partial charge in [0.25, 0.3) is 5.88 Å². The van der Waals surface area contributed by atoms with Crippen LogP contribution in [0.1, 0.15) is 26.7 Å². The van der Waals surface area contributed by atoms with Crippen molar-refractivity contribution in [3.63, 3.8) is 0 Å². The topological polar surface area (TPSA) is 43.4 Å². The van der Waals surface area contributed by atoms with Gasteiger partial charge in [-0.15, -0.1) is 0 Å². The van der Waals surface area contributed by atoms with Crippen LogP contribution in [-0.4, -0.2) is 31.3 Å². The van der Waals surface area contributed by atoms with E-state index in [-0.39, 0.29) is 0 Å². The van der Waals surface area contributed by atoms with Crippen LogP contribution in [0.3, 0.4) is 0 Å². The molecule has 1 atom stereocenters. The average molecular weight is 264 g/mol. The number of nitrogens with zero attached hydrogens (tertiary/aromatic N) is 1. The molecule has 1 aromatic rings. The van der Waals surface area contributed by atoms with Crippen molar-refractivity contribution in [3.8, 4) is 11.6 Å². The van der Waals surface area contributed by atoms with Crippen molar-refractivity contribution in [3.05, 3.63) is 18.3 Å². The van der Waals surface area contributed by atoms with E-state index in [9.17, 15) is 0 Å². The molecule has 0 spiro atoms. The molecule has 2 heterocycles. The fraction of sp³-hybridized carbons (Fsp3) is 0.667. The van der Waals surface area contributed by atoms with E-state index in [0.717, 1.165) is 25.4 Å². The van der Waals surface area contributed by atoms with Crippen molar-refractivity contribution >= 4 is 0 Å². The lowest BCUT2D eigenvalue weighted by Crippen LogP contribution is -2.33. The van der Waals surface area contributed by atoms with Gasteiger partial charge in [0.1, 0.15) is 0 Å². The van der Waals surface area contributed by atoms with Gasteiger partial charge in [-0.1, -0.05) is 13.8 Å². The van der Waals surface area contributed by atoms with Crippen molar-refractivity contribution in [2.45, 2.75) is 26.7 Å². The second kappa shape index (κ2) is 7.34. The highest BCUT2D eigenvalue weighted by Crippen LogP contribution is 2.25. The predicted octanol–water partition coefficient (Wildman–Crippen LogP) is 2.49. The maximum atomic E-state index is 5.88. The molecule has 0 unspecified atom stereocenters. The first kappa shape index (κ1) is 14.1. The van der Waals surface area contributed by atoms with Crippen LogP contribution in [0.25, 0.3) is 0 Å². The summed E-state index contributed by atoms with van der Waals surface area (Å²) in [5.74, 6) is 2.44. The van der Waals surface area contributed by atoms with Gasteiger partial charge in [0.15, 0.2) is 5.75 Å². The van der Waals surface area contributed by atoms with Crippen LogP contribution in [0, 0.1) is 11.8 Å². The van der Waals surface area contributed by atoms with E-state index in [4.69, 9.17) is 9.47 Å². The SMILES string of the molecule is CC(C)COc1ncccc1OC[C@H]1CCCNC1. The smallest absolute Gasteiger partial charge is 0.256 e. The van der Waals surface area contributed by atoms with Crippen LogP contribution >= 0.6 is 0 Å². The molecule has 0 amide bonds. The molecule has 1 saturated heterocycles. The summed E-state index contributed by atoms with van der Waals surface area (Å²) in [5, 5.41) is 3.40. The summed E-state index contributed by atoms with van der Waals surface area (Å²) in [6.07, 6.45) is 4.21. The molecule has 1 N–H and O–H groups in total. The van der Waals surface area contributed by atoms with Crippen LogP contribution < -0.4 is 14.8 Å². The van der Waals surface area contributed by atoms with Crippen LogP contribution in [0.4, 0.5) is 0 Å². The quantitative estimate of drug-likeness (QED) is 0.857. The van der Waals surface area contributed by atoms with Crippen molar-refractivity contribution < 1.29 is 9.47 Å². The van der Waals surface area contributed by atoms with Gasteiger partial charge < -0.3 is 14.8 Å². The van der Waals surface area contributed by atoms with Crippen molar-refractivity contribution in [1.82, 2.24) is 10.3 Å². The van der Waals surface area contributed by atoms with E-state index < -0.39 is 0 Å². The molecule has 106 valence electrons. The summed E-state index contributed by atoms with van der Waals surface area (Å²) in [4.78, 5) is 4.25. The summed E-state index contributed by atoms with van der Waals surface area (Å²) in [7, 11) is 0. The van der Waals surface area contributed by atoms with Gasteiger partial charge in [0.2, 0.25) is 0 Å². The first-order chi connectivity index (χ1) is 9.25. The molecule has 1 aliphatic rings. The molecule has 2 rings (SSSR count). The molecule has 1 aliphatic heterocycles. The number of nitrogens with one attached hydrogen (secondary N) is 1. The lowest BCUT2D eigenvalue weighted by Gasteiger charge is -2.23. The summed E-state index contributed by atoms with van der Waals surface area (Å²) >= 11 is 0. The molecule has 19 heavy (non-hydrogen) atoms. The summed E-state index contributed by atoms with van der Waals surface area (Å²) in [6.45, 7) is 7.82. The lowest BCUT2D eigenvalue weighted by molar-refractivity contribution is 0.197. The molecular formula is C15H24N2O2. The third-order valence-electron chi connectivity index (χ3n) is 3.16. The van der Waals surface area contributed by atoms with E-state index in [2.05, 4.69) is 24.1 Å². The Labute approximate surface area is 115 Å². The van der Waals surface area contributed by atoms with Gasteiger partial charge in [-0.25, -0.2) is 4.98 Å². The molecule has 0 bridgehead atoms. The molecule has 0 radical (unpaired) electrons. The van der Waals surface area contributed by atoms with E-state index in [1.54, 1.807) is 6.20 Å². The molecule has 0 aromatic carbocycles. The van der Waals surface area contributed by atoms with Crippen molar-refractivity contribution in [2.24, 2.45) is 11.8 Å². The molecule has 0 saturated carbocycles. The first-order valence-electron chi connectivity index (χ1n) is 7.17. The Morgan fingerprint density at radius 3 is 3.05 bits per heavy atom. The predicted molar refractivity (Wildman–Crippen MR) is 75.7 cm³/mol. The number of hydrogen-bond acceptors (Lipinski definition) is 4. The Balaban J connectivity index is 1.87. The molecule has 4 nitrogen and oxygen atoms in total. The normalized spacial score (nSPS) is 19.4. The number of aromatic nitrogens is 1. The summed E-state index contributed by atoms with van der Waals surface area (Å²) in [5.41, 5.74) is 0. The highest BCUT2D eigenvalue weighted by atomic mass is 16.5. The van der Waals surface area contributed by atoms with Crippen molar-refractivity contribution in [1.29, 1.82) is 0 Å². The standard InChI is InChI=1S/C15H24N2O2/c1-12(2)10-19-15-14(6-4-8-17-15)18-11-13-5-3-7-16-9-13/h4,6,8,12-13,16H,3,5,7,9-11H2,1-2H3/t13-/m0/s1. The minimum Gasteiger partial charge on any atom is -0.488 e. The van der Waals surface area contributed by atoms with Crippen LogP contribution in [0.2, 0.25) is 0 Å². The maximum absolute atomic E-state index is 5.88. The van der Waals surface area contributed by atoms with Gasteiger partial charge in [-0.3, -0.25) is 0 Å². The maximum Gasteiger partial charge on any atom is 0.256 e. The minimum atomic E-state index is 0.484. The Hall–Kier alpha value is -1.29. The molecule has 0 aliphatic carbocycles. The van der Waals surface area contributed by atoms with Gasteiger partial charge >= 0.3 is 0 Å². The number of pyridine rings is 1. The zero-order valence-electron chi connectivity index (χ0n) is 11.9.